The van der Waals surface area contributed by atoms with Crippen LogP contribution in [0.4, 0.5) is 10.1 Å². The van der Waals surface area contributed by atoms with Crippen LogP contribution in [0, 0.1) is 17.7 Å². The molecule has 3 amide bonds. The maximum absolute atomic E-state index is 14.1. The lowest BCUT2D eigenvalue weighted by atomic mass is 9.75. The number of hydrogen-bond donors (Lipinski definition) is 1. The molecule has 4 atom stereocenters. The van der Waals surface area contributed by atoms with Crippen LogP contribution < -0.4 is 5.32 Å². The molecule has 3 saturated heterocycles. The minimum absolute atomic E-state index is 0.168. The summed E-state index contributed by atoms with van der Waals surface area (Å²) in [5, 5.41) is 2.82. The zero-order valence-corrected chi connectivity index (χ0v) is 14.9. The molecule has 0 unspecified atom stereocenters. The highest BCUT2D eigenvalue weighted by molar-refractivity contribution is 6.15. The van der Waals surface area contributed by atoms with Crippen molar-refractivity contribution in [1.29, 1.82) is 0 Å². The number of imide groups is 1. The first-order valence-corrected chi connectivity index (χ1v) is 9.24. The van der Waals surface area contributed by atoms with Gasteiger partial charge in [-0.05, 0) is 37.6 Å². The Balaban J connectivity index is 1.69. The molecule has 0 aliphatic carbocycles. The number of anilines is 1. The van der Waals surface area contributed by atoms with Crippen molar-refractivity contribution in [2.45, 2.75) is 24.4 Å². The molecule has 1 N–H and O–H groups in total. The van der Waals surface area contributed by atoms with Gasteiger partial charge in [-0.2, -0.15) is 0 Å². The molecule has 5 rings (SSSR count). The fourth-order valence-corrected chi connectivity index (χ4v) is 5.64. The van der Waals surface area contributed by atoms with Crippen molar-refractivity contribution in [3.05, 3.63) is 29.6 Å². The quantitative estimate of drug-likeness (QED) is 0.789. The van der Waals surface area contributed by atoms with Gasteiger partial charge in [-0.25, -0.2) is 4.39 Å². The maximum atomic E-state index is 14.1. The molecule has 0 bridgehead atoms. The number of hydrogen-bond acceptors (Lipinski definition) is 5. The lowest BCUT2D eigenvalue weighted by Crippen LogP contribution is -2.54. The van der Waals surface area contributed by atoms with E-state index >= 15 is 0 Å². The van der Waals surface area contributed by atoms with E-state index in [-0.39, 0.29) is 36.9 Å². The third kappa shape index (κ3) is 1.89. The normalized spacial score (nSPS) is 34.4. The van der Waals surface area contributed by atoms with Gasteiger partial charge in [0.25, 0.3) is 0 Å². The SMILES string of the molecule is COCCN1C(=O)[C@@H]2[C@H]3CCCN3[C@]3(C(=O)Nc4ccc(F)cc43)[C@@H]2C1=O. The van der Waals surface area contributed by atoms with Gasteiger partial charge >= 0.3 is 0 Å². The molecule has 1 aromatic rings. The van der Waals surface area contributed by atoms with E-state index in [0.717, 1.165) is 12.8 Å². The molecule has 4 aliphatic heterocycles. The average Bonchev–Trinajstić information content (AvgIpc) is 3.33. The Hall–Kier alpha value is -2.32. The lowest BCUT2D eigenvalue weighted by molar-refractivity contribution is -0.146. The van der Waals surface area contributed by atoms with Gasteiger partial charge in [0, 0.05) is 24.4 Å². The second-order valence-electron chi connectivity index (χ2n) is 7.64. The highest BCUT2D eigenvalue weighted by Gasteiger charge is 2.74. The molecule has 0 aromatic heterocycles. The van der Waals surface area contributed by atoms with Crippen molar-refractivity contribution < 1.29 is 23.5 Å². The van der Waals surface area contributed by atoms with Gasteiger partial charge in [-0.1, -0.05) is 0 Å². The van der Waals surface area contributed by atoms with E-state index in [4.69, 9.17) is 4.74 Å². The fourth-order valence-electron chi connectivity index (χ4n) is 5.64. The van der Waals surface area contributed by atoms with Crippen molar-refractivity contribution in [2.75, 3.05) is 32.1 Å². The van der Waals surface area contributed by atoms with E-state index in [1.807, 2.05) is 4.90 Å². The third-order valence-corrected chi connectivity index (χ3v) is 6.56. The minimum atomic E-state index is -1.31. The predicted octanol–water partition coefficient (Wildman–Crippen LogP) is 0.699. The first-order chi connectivity index (χ1) is 13.0. The van der Waals surface area contributed by atoms with Crippen molar-refractivity contribution >= 4 is 23.4 Å². The summed E-state index contributed by atoms with van der Waals surface area (Å²) < 4.78 is 19.1. The molecule has 1 spiro atoms. The number of ether oxygens (including phenoxy) is 1. The fraction of sp³-hybridized carbons (Fsp3) is 0.526. The van der Waals surface area contributed by atoms with Gasteiger partial charge in [-0.15, -0.1) is 0 Å². The molecular weight excluding hydrogens is 353 g/mol. The van der Waals surface area contributed by atoms with E-state index in [9.17, 15) is 18.8 Å². The van der Waals surface area contributed by atoms with Crippen LogP contribution >= 0.6 is 0 Å². The van der Waals surface area contributed by atoms with Crippen molar-refractivity contribution in [3.8, 4) is 0 Å². The Morgan fingerprint density at radius 2 is 2.11 bits per heavy atom. The zero-order valence-electron chi connectivity index (χ0n) is 14.9. The first-order valence-electron chi connectivity index (χ1n) is 9.24. The van der Waals surface area contributed by atoms with E-state index < -0.39 is 23.2 Å². The number of rotatable bonds is 3. The molecule has 0 saturated carbocycles. The highest BCUT2D eigenvalue weighted by Crippen LogP contribution is 2.60. The Morgan fingerprint density at radius 3 is 2.89 bits per heavy atom. The first kappa shape index (κ1) is 16.8. The van der Waals surface area contributed by atoms with Crippen LogP contribution in [0.15, 0.2) is 18.2 Å². The number of carbonyl (C=O) groups is 3. The van der Waals surface area contributed by atoms with Crippen LogP contribution in [0.3, 0.4) is 0 Å². The summed E-state index contributed by atoms with van der Waals surface area (Å²) in [5.41, 5.74) is -0.317. The van der Waals surface area contributed by atoms with Crippen molar-refractivity contribution in [2.24, 2.45) is 11.8 Å². The average molecular weight is 373 g/mol. The zero-order chi connectivity index (χ0) is 18.9. The van der Waals surface area contributed by atoms with E-state index in [2.05, 4.69) is 5.32 Å². The summed E-state index contributed by atoms with van der Waals surface area (Å²) in [6, 6.07) is 3.97. The monoisotopic (exact) mass is 373 g/mol. The summed E-state index contributed by atoms with van der Waals surface area (Å²) in [6.07, 6.45) is 1.59. The Morgan fingerprint density at radius 1 is 1.30 bits per heavy atom. The predicted molar refractivity (Wildman–Crippen MR) is 92.0 cm³/mol. The molecular formula is C19H20FN3O4. The molecule has 7 nitrogen and oxygen atoms in total. The van der Waals surface area contributed by atoms with Gasteiger partial charge in [0.1, 0.15) is 11.4 Å². The van der Waals surface area contributed by atoms with Gasteiger partial charge in [0.15, 0.2) is 0 Å². The lowest BCUT2D eigenvalue weighted by Gasteiger charge is -2.36. The van der Waals surface area contributed by atoms with Gasteiger partial charge in [0.2, 0.25) is 17.7 Å². The number of amides is 3. The summed E-state index contributed by atoms with van der Waals surface area (Å²) in [7, 11) is 1.51. The Kier molecular flexibility index (Phi) is 3.48. The molecule has 3 fully saturated rings. The highest BCUT2D eigenvalue weighted by atomic mass is 19.1. The summed E-state index contributed by atoms with van der Waals surface area (Å²) in [4.78, 5) is 42.8. The van der Waals surface area contributed by atoms with Crippen molar-refractivity contribution in [3.63, 3.8) is 0 Å². The maximum Gasteiger partial charge on any atom is 0.250 e. The van der Waals surface area contributed by atoms with Crippen LogP contribution in [0.5, 0.6) is 0 Å². The standard InChI is InChI=1S/C19H20FN3O4/c1-27-8-7-22-16(24)14-13-3-2-6-23(13)19(15(14)17(22)25)11-9-10(20)4-5-12(11)21-18(19)26/h4-5,9,13-15H,2-3,6-8H2,1H3,(H,21,26)/t13-,14-,15+,19+/m1/s1. The van der Waals surface area contributed by atoms with Crippen molar-refractivity contribution in [1.82, 2.24) is 9.80 Å². The molecule has 142 valence electrons. The smallest absolute Gasteiger partial charge is 0.250 e. The number of likely N-dealkylation sites (tertiary alicyclic amines) is 1. The molecule has 4 heterocycles. The summed E-state index contributed by atoms with van der Waals surface area (Å²) in [6.45, 7) is 1.02. The molecule has 27 heavy (non-hydrogen) atoms. The number of methoxy groups -OCH3 is 1. The van der Waals surface area contributed by atoms with Crippen LogP contribution in [-0.2, 0) is 24.7 Å². The van der Waals surface area contributed by atoms with Gasteiger partial charge in [-0.3, -0.25) is 24.2 Å². The van der Waals surface area contributed by atoms with Gasteiger partial charge in [0.05, 0.1) is 25.0 Å². The largest absolute Gasteiger partial charge is 0.383 e. The third-order valence-electron chi connectivity index (χ3n) is 6.56. The second kappa shape index (κ2) is 5.59. The summed E-state index contributed by atoms with van der Waals surface area (Å²) >= 11 is 0. The van der Waals surface area contributed by atoms with E-state index in [1.54, 1.807) is 0 Å². The van der Waals surface area contributed by atoms with E-state index in [1.165, 1.54) is 30.2 Å². The molecule has 8 heteroatoms. The van der Waals surface area contributed by atoms with Crippen LogP contribution in [-0.4, -0.2) is 60.4 Å². The number of nitrogens with zero attached hydrogens (tertiary/aromatic N) is 2. The number of benzene rings is 1. The number of nitrogens with one attached hydrogen (secondary N) is 1. The Labute approximate surface area is 155 Å². The Bertz CT molecular complexity index is 875. The van der Waals surface area contributed by atoms with Crippen LogP contribution in [0.1, 0.15) is 18.4 Å². The second-order valence-corrected chi connectivity index (χ2v) is 7.64. The van der Waals surface area contributed by atoms with Crippen LogP contribution in [0.25, 0.3) is 0 Å². The molecule has 0 radical (unpaired) electrons. The van der Waals surface area contributed by atoms with E-state index in [0.29, 0.717) is 17.8 Å². The van der Waals surface area contributed by atoms with Gasteiger partial charge < -0.3 is 10.1 Å². The number of fused-ring (bicyclic) bond motifs is 7. The number of halogens is 1. The minimum Gasteiger partial charge on any atom is -0.383 e. The molecule has 1 aromatic carbocycles. The number of carbonyl (C=O) groups excluding carboxylic acids is 3. The topological polar surface area (TPSA) is 79.0 Å². The van der Waals surface area contributed by atoms with Crippen LogP contribution in [0.2, 0.25) is 0 Å². The summed E-state index contributed by atoms with van der Waals surface area (Å²) in [5.74, 6) is -2.79. The molecule has 4 aliphatic rings.